The smallest absolute Gasteiger partial charge is 0.416 e. The lowest BCUT2D eigenvalue weighted by Crippen LogP contribution is -2.56. The third-order valence-corrected chi connectivity index (χ3v) is 9.38. The van der Waals surface area contributed by atoms with E-state index in [-0.39, 0.29) is 29.1 Å². The number of piperazine rings is 1. The summed E-state index contributed by atoms with van der Waals surface area (Å²) < 4.78 is 48.1. The number of piperidine rings is 1. The molecule has 0 aliphatic carbocycles. The SMILES string of the molecule is CCc1c(N2CCN(C(=O)OC(C)(C)C)[C@H](C)C2)c(=O)n2nc(N3CCC(N(C)C)CC3)nc2n1CC(=O)Nc1ccc(C(F)(F)F)cc1Cl. The maximum atomic E-state index is 14.3. The largest absolute Gasteiger partial charge is 0.444 e. The van der Waals surface area contributed by atoms with E-state index in [1.54, 1.807) is 30.2 Å². The van der Waals surface area contributed by atoms with Gasteiger partial charge >= 0.3 is 12.3 Å². The molecule has 0 spiro atoms. The summed E-state index contributed by atoms with van der Waals surface area (Å²) in [7, 11) is 4.09. The molecule has 2 saturated heterocycles. The van der Waals surface area contributed by atoms with Crippen LogP contribution in [-0.4, -0.2) is 105 Å². The number of halogens is 4. The average molecular weight is 724 g/mol. The van der Waals surface area contributed by atoms with Gasteiger partial charge in [-0.05, 0) is 79.3 Å². The van der Waals surface area contributed by atoms with Crippen molar-refractivity contribution in [3.8, 4) is 0 Å². The van der Waals surface area contributed by atoms with Crippen molar-refractivity contribution >= 4 is 46.7 Å². The number of alkyl halides is 3. The Morgan fingerprint density at radius 1 is 1.08 bits per heavy atom. The van der Waals surface area contributed by atoms with Crippen LogP contribution in [0.4, 0.5) is 35.3 Å². The van der Waals surface area contributed by atoms with Crippen molar-refractivity contribution in [2.75, 3.05) is 61.9 Å². The average Bonchev–Trinajstić information content (AvgIpc) is 3.48. The van der Waals surface area contributed by atoms with Gasteiger partial charge in [-0.2, -0.15) is 22.7 Å². The predicted molar refractivity (Wildman–Crippen MR) is 185 cm³/mol. The summed E-state index contributed by atoms with van der Waals surface area (Å²) in [6.45, 7) is 11.1. The van der Waals surface area contributed by atoms with Crippen molar-refractivity contribution in [3.05, 3.63) is 44.8 Å². The molecule has 0 saturated carbocycles. The fourth-order valence-electron chi connectivity index (χ4n) is 6.51. The number of hydrogen-bond donors (Lipinski definition) is 1. The first-order valence-corrected chi connectivity index (χ1v) is 17.1. The third-order valence-electron chi connectivity index (χ3n) is 9.07. The Balaban J connectivity index is 1.52. The van der Waals surface area contributed by atoms with Crippen LogP contribution in [0.3, 0.4) is 0 Å². The quantitative estimate of drug-likeness (QED) is 0.369. The van der Waals surface area contributed by atoms with Gasteiger partial charge in [-0.3, -0.25) is 9.59 Å². The zero-order chi connectivity index (χ0) is 36.7. The van der Waals surface area contributed by atoms with E-state index >= 15 is 0 Å². The van der Waals surface area contributed by atoms with Crippen LogP contribution >= 0.6 is 11.6 Å². The van der Waals surface area contributed by atoms with Crippen molar-refractivity contribution in [1.29, 1.82) is 0 Å². The molecule has 17 heteroatoms. The fourth-order valence-corrected chi connectivity index (χ4v) is 6.74. The van der Waals surface area contributed by atoms with E-state index in [0.717, 1.165) is 31.0 Å². The van der Waals surface area contributed by atoms with E-state index < -0.39 is 34.9 Å². The highest BCUT2D eigenvalue weighted by molar-refractivity contribution is 6.33. The highest BCUT2D eigenvalue weighted by Crippen LogP contribution is 2.34. The number of carbonyl (C=O) groups excluding carboxylic acids is 2. The first kappa shape index (κ1) is 37.2. The van der Waals surface area contributed by atoms with Gasteiger partial charge in [0.15, 0.2) is 0 Å². The highest BCUT2D eigenvalue weighted by Gasteiger charge is 2.35. The normalized spacial score (nSPS) is 17.9. The van der Waals surface area contributed by atoms with Gasteiger partial charge in [0, 0.05) is 44.8 Å². The highest BCUT2D eigenvalue weighted by atomic mass is 35.5. The van der Waals surface area contributed by atoms with Gasteiger partial charge in [-0.1, -0.05) is 18.5 Å². The minimum atomic E-state index is -4.59. The molecule has 1 aromatic carbocycles. The number of nitrogens with one attached hydrogen (secondary N) is 1. The van der Waals surface area contributed by atoms with E-state index in [2.05, 4.69) is 15.3 Å². The van der Waals surface area contributed by atoms with Crippen LogP contribution in [0.15, 0.2) is 23.0 Å². The van der Waals surface area contributed by atoms with Gasteiger partial charge in [0.1, 0.15) is 17.8 Å². The molecule has 2 fully saturated rings. The van der Waals surface area contributed by atoms with Gasteiger partial charge in [0.05, 0.1) is 22.0 Å². The molecule has 3 aromatic rings. The van der Waals surface area contributed by atoms with Crippen LogP contribution < -0.4 is 20.7 Å². The van der Waals surface area contributed by atoms with Crippen molar-refractivity contribution < 1.29 is 27.5 Å². The maximum Gasteiger partial charge on any atom is 0.416 e. The summed E-state index contributed by atoms with van der Waals surface area (Å²) in [5, 5.41) is 7.00. The Kier molecular flexibility index (Phi) is 10.6. The minimum absolute atomic E-state index is 0.0120. The van der Waals surface area contributed by atoms with Crippen LogP contribution in [0.25, 0.3) is 5.78 Å². The Morgan fingerprint density at radius 2 is 1.76 bits per heavy atom. The second kappa shape index (κ2) is 14.3. The molecule has 2 aromatic heterocycles. The molecule has 2 aliphatic rings. The van der Waals surface area contributed by atoms with E-state index in [0.29, 0.717) is 62.5 Å². The van der Waals surface area contributed by atoms with E-state index in [1.165, 1.54) is 4.52 Å². The molecule has 0 bridgehead atoms. The molecule has 274 valence electrons. The van der Waals surface area contributed by atoms with E-state index in [9.17, 15) is 27.6 Å². The number of nitrogens with zero attached hydrogens (tertiary/aromatic N) is 8. The summed E-state index contributed by atoms with van der Waals surface area (Å²) in [5.74, 6) is -0.0617. The van der Waals surface area contributed by atoms with Crippen LogP contribution in [0, 0.1) is 0 Å². The van der Waals surface area contributed by atoms with E-state index in [4.69, 9.17) is 21.3 Å². The minimum Gasteiger partial charge on any atom is -0.444 e. The van der Waals surface area contributed by atoms with Crippen LogP contribution in [0.2, 0.25) is 5.02 Å². The Morgan fingerprint density at radius 3 is 2.32 bits per heavy atom. The topological polar surface area (TPSA) is 121 Å². The number of benzene rings is 1. The van der Waals surface area contributed by atoms with Gasteiger partial charge in [0.25, 0.3) is 5.56 Å². The van der Waals surface area contributed by atoms with Gasteiger partial charge in [-0.25, -0.2) is 4.79 Å². The summed E-state index contributed by atoms with van der Waals surface area (Å²) in [5.41, 5.74) is -1.14. The summed E-state index contributed by atoms with van der Waals surface area (Å²) >= 11 is 6.14. The number of fused-ring (bicyclic) bond motifs is 1. The number of ether oxygens (including phenoxy) is 1. The Bertz CT molecular complexity index is 1800. The molecule has 5 rings (SSSR count). The molecular formula is C33H45ClF3N9O4. The first-order chi connectivity index (χ1) is 23.4. The summed E-state index contributed by atoms with van der Waals surface area (Å²) in [6, 6.07) is 2.81. The predicted octanol–water partition coefficient (Wildman–Crippen LogP) is 4.74. The molecule has 1 atom stereocenters. The zero-order valence-corrected chi connectivity index (χ0v) is 30.2. The molecule has 50 heavy (non-hydrogen) atoms. The van der Waals surface area contributed by atoms with Crippen molar-refractivity contribution in [2.45, 2.75) is 84.3 Å². The van der Waals surface area contributed by atoms with Crippen molar-refractivity contribution in [2.24, 2.45) is 0 Å². The summed E-state index contributed by atoms with van der Waals surface area (Å²) in [6.07, 6.45) is -2.93. The van der Waals surface area contributed by atoms with E-state index in [1.807, 2.05) is 37.7 Å². The number of hydrogen-bond acceptors (Lipinski definition) is 9. The maximum absolute atomic E-state index is 14.3. The Hall–Kier alpha value is -4.05. The van der Waals surface area contributed by atoms with Crippen molar-refractivity contribution in [1.82, 2.24) is 29.0 Å². The van der Waals surface area contributed by atoms with Gasteiger partial charge in [0.2, 0.25) is 17.6 Å². The lowest BCUT2D eigenvalue weighted by atomic mass is 10.0. The van der Waals surface area contributed by atoms with Crippen LogP contribution in [0.5, 0.6) is 0 Å². The molecule has 13 nitrogen and oxygen atoms in total. The number of carbonyl (C=O) groups is 2. The zero-order valence-electron chi connectivity index (χ0n) is 29.5. The van der Waals surface area contributed by atoms with Crippen LogP contribution in [-0.2, 0) is 28.7 Å². The number of aromatic nitrogens is 4. The second-order valence-corrected chi connectivity index (χ2v) is 14.5. The van der Waals surface area contributed by atoms with Crippen molar-refractivity contribution in [3.63, 3.8) is 0 Å². The lowest BCUT2D eigenvalue weighted by molar-refractivity contribution is -0.137. The second-order valence-electron chi connectivity index (χ2n) is 14.1. The Labute approximate surface area is 293 Å². The molecule has 2 aliphatic heterocycles. The monoisotopic (exact) mass is 723 g/mol. The molecule has 0 radical (unpaired) electrons. The fraction of sp³-hybridized carbons (Fsp3) is 0.606. The summed E-state index contributed by atoms with van der Waals surface area (Å²) in [4.78, 5) is 53.3. The van der Waals surface area contributed by atoms with Gasteiger partial charge < -0.3 is 34.2 Å². The number of rotatable bonds is 7. The standard InChI is InChI=1S/C33H45ClF3N9O4/c1-8-25-27(43-15-16-44(20(2)18-43)31(49)50-32(3,4)5)28(48)46-30(39-29(40-46)42-13-11-22(12-14-42)41(6)7)45(25)19-26(47)38-24-10-9-21(17-23(24)34)33(35,36)37/h9-10,17,20,22H,8,11-16,18-19H2,1-7H3,(H,38,47)/t20-/m1/s1. The molecule has 2 amide bonds. The molecule has 4 heterocycles. The first-order valence-electron chi connectivity index (χ1n) is 16.7. The lowest BCUT2D eigenvalue weighted by Gasteiger charge is -2.41. The third kappa shape index (κ3) is 7.96. The number of amides is 2. The van der Waals surface area contributed by atoms with Crippen LogP contribution in [0.1, 0.15) is 58.7 Å². The number of anilines is 3. The molecule has 0 unspecified atom stereocenters. The van der Waals surface area contributed by atoms with Gasteiger partial charge in [-0.15, -0.1) is 5.10 Å². The molecular weight excluding hydrogens is 679 g/mol. The molecule has 1 N–H and O–H groups in total.